The number of aromatic nitrogens is 2. The lowest BCUT2D eigenvalue weighted by Crippen LogP contribution is -2.19. The number of anilines is 2. The van der Waals surface area contributed by atoms with Gasteiger partial charge >= 0.3 is 6.03 Å². The van der Waals surface area contributed by atoms with Crippen molar-refractivity contribution in [3.8, 4) is 11.3 Å². The maximum Gasteiger partial charge on any atom is 0.323 e. The Hall–Kier alpha value is -3.54. The summed E-state index contributed by atoms with van der Waals surface area (Å²) in [6.45, 7) is 1.95. The van der Waals surface area contributed by atoms with Gasteiger partial charge in [0.25, 0.3) is 0 Å². The summed E-state index contributed by atoms with van der Waals surface area (Å²) in [5.41, 5.74) is 4.33. The molecule has 0 saturated heterocycles. The zero-order valence-electron chi connectivity index (χ0n) is 13.5. The van der Waals surface area contributed by atoms with Crippen LogP contribution in [0.4, 0.5) is 16.2 Å². The summed E-state index contributed by atoms with van der Waals surface area (Å²) in [4.78, 5) is 19.3. The number of aryl methyl sites for hydroxylation is 1. The number of aromatic amines is 1. The predicted octanol–water partition coefficient (Wildman–Crippen LogP) is 4.78. The van der Waals surface area contributed by atoms with Crippen molar-refractivity contribution in [1.29, 1.82) is 0 Å². The largest absolute Gasteiger partial charge is 0.443 e. The van der Waals surface area contributed by atoms with Gasteiger partial charge in [0.15, 0.2) is 12.2 Å². The molecule has 3 N–H and O–H groups in total. The fourth-order valence-corrected chi connectivity index (χ4v) is 2.75. The lowest BCUT2D eigenvalue weighted by molar-refractivity contribution is 0.262. The van der Waals surface area contributed by atoms with Crippen molar-refractivity contribution in [2.75, 3.05) is 10.6 Å². The van der Waals surface area contributed by atoms with E-state index in [1.165, 1.54) is 6.39 Å². The van der Waals surface area contributed by atoms with Gasteiger partial charge in [-0.25, -0.2) is 9.78 Å². The van der Waals surface area contributed by atoms with Crippen molar-refractivity contribution < 1.29 is 9.21 Å². The average Bonchev–Trinajstić information content (AvgIpc) is 3.25. The second kappa shape index (κ2) is 6.16. The van der Waals surface area contributed by atoms with E-state index in [1.54, 1.807) is 6.20 Å². The molecule has 4 rings (SSSR count). The number of fused-ring (bicyclic) bond motifs is 1. The molecule has 0 unspecified atom stereocenters. The minimum Gasteiger partial charge on any atom is -0.443 e. The molecule has 124 valence electrons. The molecule has 2 amide bonds. The number of hydrogen-bond acceptors (Lipinski definition) is 3. The molecular weight excluding hydrogens is 316 g/mol. The molecule has 25 heavy (non-hydrogen) atoms. The third kappa shape index (κ3) is 2.97. The summed E-state index contributed by atoms with van der Waals surface area (Å²) in [5.74, 6) is 0.698. The number of nitrogens with zero attached hydrogens (tertiary/aromatic N) is 1. The van der Waals surface area contributed by atoms with Gasteiger partial charge in [-0.15, -0.1) is 0 Å². The van der Waals surface area contributed by atoms with E-state index in [1.807, 2.05) is 55.6 Å². The summed E-state index contributed by atoms with van der Waals surface area (Å²) in [6.07, 6.45) is 4.94. The number of nitrogens with one attached hydrogen (secondary N) is 3. The zero-order chi connectivity index (χ0) is 17.2. The molecule has 0 aliphatic heterocycles. The number of para-hydroxylation sites is 1. The van der Waals surface area contributed by atoms with Gasteiger partial charge in [-0.1, -0.05) is 24.3 Å². The van der Waals surface area contributed by atoms with Crippen LogP contribution in [0.25, 0.3) is 22.2 Å². The van der Waals surface area contributed by atoms with Gasteiger partial charge in [0.2, 0.25) is 0 Å². The molecule has 0 atom stereocenters. The number of H-pyrrole nitrogens is 1. The zero-order valence-corrected chi connectivity index (χ0v) is 13.5. The van der Waals surface area contributed by atoms with E-state index in [-0.39, 0.29) is 6.03 Å². The molecule has 2 aromatic heterocycles. The third-order valence-corrected chi connectivity index (χ3v) is 4.03. The first kappa shape index (κ1) is 15.0. The van der Waals surface area contributed by atoms with E-state index < -0.39 is 0 Å². The summed E-state index contributed by atoms with van der Waals surface area (Å²) in [7, 11) is 0. The number of carbonyl (C=O) groups excluding carboxylic acids is 1. The van der Waals surface area contributed by atoms with Crippen molar-refractivity contribution in [2.45, 2.75) is 6.92 Å². The molecule has 2 aromatic carbocycles. The Morgan fingerprint density at radius 2 is 2.04 bits per heavy atom. The van der Waals surface area contributed by atoms with Crippen LogP contribution in [0.2, 0.25) is 0 Å². The molecule has 0 fully saturated rings. The number of oxazole rings is 1. The lowest BCUT2D eigenvalue weighted by Gasteiger charge is -2.10. The van der Waals surface area contributed by atoms with E-state index in [0.717, 1.165) is 27.7 Å². The first-order valence-corrected chi connectivity index (χ1v) is 7.84. The third-order valence-electron chi connectivity index (χ3n) is 4.03. The van der Waals surface area contributed by atoms with Crippen LogP contribution in [0.1, 0.15) is 5.56 Å². The number of carbonyl (C=O) groups is 1. The van der Waals surface area contributed by atoms with Gasteiger partial charge in [0.1, 0.15) is 0 Å². The van der Waals surface area contributed by atoms with Crippen LogP contribution in [-0.2, 0) is 0 Å². The number of hydrogen-bond donors (Lipinski definition) is 3. The molecule has 6 heteroatoms. The Kier molecular flexibility index (Phi) is 3.70. The van der Waals surface area contributed by atoms with Gasteiger partial charge in [-0.3, -0.25) is 0 Å². The summed E-state index contributed by atoms with van der Waals surface area (Å²) in [6, 6.07) is 13.0. The van der Waals surface area contributed by atoms with Crippen molar-refractivity contribution in [3.05, 3.63) is 66.8 Å². The first-order chi connectivity index (χ1) is 12.2. The van der Waals surface area contributed by atoms with E-state index in [4.69, 9.17) is 4.42 Å². The van der Waals surface area contributed by atoms with Crippen LogP contribution in [0.5, 0.6) is 0 Å². The second-order valence-electron chi connectivity index (χ2n) is 5.72. The lowest BCUT2D eigenvalue weighted by atomic mass is 10.1. The number of rotatable bonds is 3. The highest BCUT2D eigenvalue weighted by atomic mass is 16.3. The predicted molar refractivity (Wildman–Crippen MR) is 97.6 cm³/mol. The maximum atomic E-state index is 12.2. The minimum atomic E-state index is -0.282. The maximum absolute atomic E-state index is 12.2. The van der Waals surface area contributed by atoms with Crippen LogP contribution in [0.3, 0.4) is 0 Å². The quantitative estimate of drug-likeness (QED) is 0.505. The number of benzene rings is 2. The SMILES string of the molecule is Cc1ccccc1NC(=O)Nc1ccc2c(-c3cnco3)c[nH]c2c1. The minimum absolute atomic E-state index is 0.282. The fourth-order valence-electron chi connectivity index (χ4n) is 2.75. The van der Waals surface area contributed by atoms with Gasteiger partial charge in [-0.2, -0.15) is 0 Å². The molecule has 0 radical (unpaired) electrons. The summed E-state index contributed by atoms with van der Waals surface area (Å²) in [5, 5.41) is 6.70. The Labute approximate surface area is 143 Å². The number of urea groups is 1. The Morgan fingerprint density at radius 1 is 1.16 bits per heavy atom. The smallest absolute Gasteiger partial charge is 0.323 e. The van der Waals surface area contributed by atoms with E-state index in [0.29, 0.717) is 11.4 Å². The van der Waals surface area contributed by atoms with Crippen molar-refractivity contribution in [3.63, 3.8) is 0 Å². The molecule has 2 heterocycles. The van der Waals surface area contributed by atoms with Crippen LogP contribution in [0, 0.1) is 6.92 Å². The number of amides is 2. The standard InChI is InChI=1S/C19H16N4O2/c1-12-4-2-3-5-16(12)23-19(24)22-13-6-7-14-15(9-21-17(14)8-13)18-10-20-11-25-18/h2-11,21H,1H3,(H2,22,23,24). The highest BCUT2D eigenvalue weighted by molar-refractivity contribution is 6.02. The molecule has 0 spiro atoms. The average molecular weight is 332 g/mol. The Bertz CT molecular complexity index is 1030. The van der Waals surface area contributed by atoms with E-state index in [9.17, 15) is 4.79 Å². The Morgan fingerprint density at radius 3 is 2.84 bits per heavy atom. The molecule has 0 saturated carbocycles. The van der Waals surface area contributed by atoms with E-state index >= 15 is 0 Å². The van der Waals surface area contributed by atoms with Crippen LogP contribution < -0.4 is 10.6 Å². The normalized spacial score (nSPS) is 10.8. The van der Waals surface area contributed by atoms with Crippen molar-refractivity contribution >= 4 is 28.3 Å². The highest BCUT2D eigenvalue weighted by Gasteiger charge is 2.10. The molecule has 4 aromatic rings. The summed E-state index contributed by atoms with van der Waals surface area (Å²) < 4.78 is 5.35. The first-order valence-electron chi connectivity index (χ1n) is 7.84. The topological polar surface area (TPSA) is 82.9 Å². The molecule has 6 nitrogen and oxygen atoms in total. The van der Waals surface area contributed by atoms with E-state index in [2.05, 4.69) is 20.6 Å². The van der Waals surface area contributed by atoms with Gasteiger partial charge in [-0.05, 0) is 30.7 Å². The summed E-state index contributed by atoms with van der Waals surface area (Å²) >= 11 is 0. The van der Waals surface area contributed by atoms with Gasteiger partial charge in [0, 0.05) is 34.0 Å². The second-order valence-corrected chi connectivity index (χ2v) is 5.72. The molecule has 0 aliphatic rings. The van der Waals surface area contributed by atoms with Crippen molar-refractivity contribution in [2.24, 2.45) is 0 Å². The van der Waals surface area contributed by atoms with Gasteiger partial charge in [0.05, 0.1) is 6.20 Å². The molecular formula is C19H16N4O2. The van der Waals surface area contributed by atoms with Crippen LogP contribution in [0.15, 0.2) is 65.7 Å². The Balaban J connectivity index is 1.54. The van der Waals surface area contributed by atoms with Gasteiger partial charge < -0.3 is 20.0 Å². The highest BCUT2D eigenvalue weighted by Crippen LogP contribution is 2.30. The van der Waals surface area contributed by atoms with Crippen LogP contribution in [-0.4, -0.2) is 16.0 Å². The monoisotopic (exact) mass is 332 g/mol. The van der Waals surface area contributed by atoms with Crippen molar-refractivity contribution in [1.82, 2.24) is 9.97 Å². The molecule has 0 aliphatic carbocycles. The fraction of sp³-hybridized carbons (Fsp3) is 0.0526. The molecule has 0 bridgehead atoms. The van der Waals surface area contributed by atoms with Crippen LogP contribution >= 0.6 is 0 Å².